The molecular formula is C12H19N3O2S. The van der Waals surface area contributed by atoms with Gasteiger partial charge in [-0.2, -0.15) is 0 Å². The van der Waals surface area contributed by atoms with Gasteiger partial charge in [0.05, 0.1) is 5.69 Å². The first-order valence-corrected chi connectivity index (χ1v) is 6.85. The topological polar surface area (TPSA) is 63.2 Å². The van der Waals surface area contributed by atoms with Crippen LogP contribution in [-0.2, 0) is 4.74 Å². The molecule has 2 rings (SSSR count). The SMILES string of the molecule is Cc1nc(NC(=O)OC(C)(C)C)sc1C1CNC1. The highest BCUT2D eigenvalue weighted by Gasteiger charge is 2.25. The molecule has 1 fully saturated rings. The molecule has 2 heterocycles. The number of thiazole rings is 1. The predicted octanol–water partition coefficient (Wildman–Crippen LogP) is 2.49. The largest absolute Gasteiger partial charge is 0.444 e. The second-order valence-electron chi connectivity index (χ2n) is 5.45. The molecule has 0 saturated carbocycles. The van der Waals surface area contributed by atoms with Crippen molar-refractivity contribution in [2.45, 2.75) is 39.2 Å². The van der Waals surface area contributed by atoms with Gasteiger partial charge in [0, 0.05) is 23.9 Å². The van der Waals surface area contributed by atoms with E-state index in [2.05, 4.69) is 15.6 Å². The summed E-state index contributed by atoms with van der Waals surface area (Å²) in [4.78, 5) is 17.2. The van der Waals surface area contributed by atoms with Gasteiger partial charge in [-0.1, -0.05) is 0 Å². The lowest BCUT2D eigenvalue weighted by atomic mass is 10.0. The fourth-order valence-electron chi connectivity index (χ4n) is 1.71. The van der Waals surface area contributed by atoms with E-state index in [1.807, 2.05) is 27.7 Å². The van der Waals surface area contributed by atoms with Gasteiger partial charge in [-0.3, -0.25) is 5.32 Å². The summed E-state index contributed by atoms with van der Waals surface area (Å²) in [5.74, 6) is 0.539. The molecule has 0 radical (unpaired) electrons. The van der Waals surface area contributed by atoms with Gasteiger partial charge in [0.1, 0.15) is 5.60 Å². The van der Waals surface area contributed by atoms with Crippen molar-refractivity contribution in [2.75, 3.05) is 18.4 Å². The molecule has 0 spiro atoms. The lowest BCUT2D eigenvalue weighted by Crippen LogP contribution is -2.39. The molecule has 1 saturated heterocycles. The van der Waals surface area contributed by atoms with Crippen molar-refractivity contribution in [1.29, 1.82) is 0 Å². The van der Waals surface area contributed by atoms with Crippen LogP contribution in [0, 0.1) is 6.92 Å². The number of nitrogens with zero attached hydrogens (tertiary/aromatic N) is 1. The second-order valence-corrected chi connectivity index (χ2v) is 6.48. The quantitative estimate of drug-likeness (QED) is 0.866. The number of anilines is 1. The van der Waals surface area contributed by atoms with Crippen LogP contribution in [0.25, 0.3) is 0 Å². The first kappa shape index (κ1) is 13.3. The Labute approximate surface area is 111 Å². The summed E-state index contributed by atoms with van der Waals surface area (Å²) in [5, 5.41) is 6.54. The number of carbonyl (C=O) groups excluding carboxylic acids is 1. The van der Waals surface area contributed by atoms with Crippen LogP contribution in [0.15, 0.2) is 0 Å². The molecule has 0 atom stereocenters. The third kappa shape index (κ3) is 3.20. The van der Waals surface area contributed by atoms with Crippen LogP contribution in [0.5, 0.6) is 0 Å². The van der Waals surface area contributed by atoms with Crippen molar-refractivity contribution in [3.05, 3.63) is 10.6 Å². The summed E-state index contributed by atoms with van der Waals surface area (Å²) in [6.07, 6.45) is -0.450. The molecule has 18 heavy (non-hydrogen) atoms. The smallest absolute Gasteiger partial charge is 0.413 e. The third-order valence-corrected chi connectivity index (χ3v) is 3.83. The van der Waals surface area contributed by atoms with Crippen LogP contribution in [0.4, 0.5) is 9.93 Å². The Balaban J connectivity index is 1.99. The van der Waals surface area contributed by atoms with Gasteiger partial charge in [0.25, 0.3) is 0 Å². The number of carbonyl (C=O) groups is 1. The van der Waals surface area contributed by atoms with Crippen LogP contribution >= 0.6 is 11.3 Å². The molecule has 0 bridgehead atoms. The maximum absolute atomic E-state index is 11.6. The van der Waals surface area contributed by atoms with Crippen LogP contribution in [0.3, 0.4) is 0 Å². The van der Waals surface area contributed by atoms with Crippen molar-refractivity contribution in [3.63, 3.8) is 0 Å². The second kappa shape index (κ2) is 4.85. The third-order valence-electron chi connectivity index (χ3n) is 2.59. The van der Waals surface area contributed by atoms with E-state index in [1.54, 1.807) is 0 Å². The van der Waals surface area contributed by atoms with Gasteiger partial charge in [-0.05, 0) is 27.7 Å². The predicted molar refractivity (Wildman–Crippen MR) is 72.3 cm³/mol. The van der Waals surface area contributed by atoms with Gasteiger partial charge in [-0.15, -0.1) is 11.3 Å². The average Bonchev–Trinajstić information content (AvgIpc) is 2.40. The summed E-state index contributed by atoms with van der Waals surface area (Å²) >= 11 is 1.53. The molecule has 0 aromatic carbocycles. The summed E-state index contributed by atoms with van der Waals surface area (Å²) in [5.41, 5.74) is 0.509. The number of ether oxygens (including phenoxy) is 1. The number of aryl methyl sites for hydroxylation is 1. The average molecular weight is 269 g/mol. The van der Waals surface area contributed by atoms with Crippen molar-refractivity contribution in [3.8, 4) is 0 Å². The highest BCUT2D eigenvalue weighted by atomic mass is 32.1. The molecule has 5 nitrogen and oxygen atoms in total. The van der Waals surface area contributed by atoms with Crippen LogP contribution in [0.1, 0.15) is 37.3 Å². The molecule has 1 aliphatic rings. The fraction of sp³-hybridized carbons (Fsp3) is 0.667. The minimum atomic E-state index is -0.489. The molecule has 1 aromatic heterocycles. The molecule has 1 aliphatic heterocycles. The molecular weight excluding hydrogens is 250 g/mol. The number of nitrogens with one attached hydrogen (secondary N) is 2. The van der Waals surface area contributed by atoms with E-state index in [0.717, 1.165) is 18.8 Å². The van der Waals surface area contributed by atoms with Gasteiger partial charge < -0.3 is 10.1 Å². The van der Waals surface area contributed by atoms with Gasteiger partial charge in [0.15, 0.2) is 5.13 Å². The van der Waals surface area contributed by atoms with E-state index < -0.39 is 11.7 Å². The first-order valence-electron chi connectivity index (χ1n) is 6.03. The summed E-state index contributed by atoms with van der Waals surface area (Å²) in [6.45, 7) is 9.48. The normalized spacial score (nSPS) is 16.2. The maximum Gasteiger partial charge on any atom is 0.413 e. The van der Waals surface area contributed by atoms with Gasteiger partial charge in [0.2, 0.25) is 0 Å². The lowest BCUT2D eigenvalue weighted by molar-refractivity contribution is 0.0636. The zero-order chi connectivity index (χ0) is 13.3. The van der Waals surface area contributed by atoms with Crippen molar-refractivity contribution < 1.29 is 9.53 Å². The van der Waals surface area contributed by atoms with Crippen LogP contribution < -0.4 is 10.6 Å². The van der Waals surface area contributed by atoms with Crippen LogP contribution in [0.2, 0.25) is 0 Å². The molecule has 2 N–H and O–H groups in total. The lowest BCUT2D eigenvalue weighted by Gasteiger charge is -2.26. The Bertz CT molecular complexity index is 447. The monoisotopic (exact) mass is 269 g/mol. The van der Waals surface area contributed by atoms with E-state index in [0.29, 0.717) is 11.0 Å². The van der Waals surface area contributed by atoms with Gasteiger partial charge >= 0.3 is 6.09 Å². The molecule has 100 valence electrons. The van der Waals surface area contributed by atoms with Crippen molar-refractivity contribution in [2.24, 2.45) is 0 Å². The maximum atomic E-state index is 11.6. The zero-order valence-corrected chi connectivity index (χ0v) is 12.0. The number of aromatic nitrogens is 1. The van der Waals surface area contributed by atoms with E-state index in [1.165, 1.54) is 16.2 Å². The Kier molecular flexibility index (Phi) is 3.59. The number of amides is 1. The Morgan fingerprint density at radius 1 is 1.50 bits per heavy atom. The standard InChI is InChI=1S/C12H19N3O2S/c1-7-9(8-5-13-6-8)18-10(14-7)15-11(16)17-12(2,3)4/h8,13H,5-6H2,1-4H3,(H,14,15,16). The first-order chi connectivity index (χ1) is 8.35. The van der Waals surface area contributed by atoms with E-state index in [4.69, 9.17) is 4.74 Å². The molecule has 6 heteroatoms. The van der Waals surface area contributed by atoms with E-state index >= 15 is 0 Å². The van der Waals surface area contributed by atoms with E-state index in [-0.39, 0.29) is 0 Å². The highest BCUT2D eigenvalue weighted by Crippen LogP contribution is 2.31. The number of hydrogen-bond acceptors (Lipinski definition) is 5. The summed E-state index contributed by atoms with van der Waals surface area (Å²) in [7, 11) is 0. The van der Waals surface area contributed by atoms with Crippen molar-refractivity contribution >= 4 is 22.6 Å². The fourth-order valence-corrected chi connectivity index (χ4v) is 2.76. The number of rotatable bonds is 2. The van der Waals surface area contributed by atoms with Crippen LogP contribution in [-0.4, -0.2) is 29.8 Å². The summed E-state index contributed by atoms with van der Waals surface area (Å²) in [6, 6.07) is 0. The zero-order valence-electron chi connectivity index (χ0n) is 11.2. The van der Waals surface area contributed by atoms with Gasteiger partial charge in [-0.25, -0.2) is 9.78 Å². The molecule has 0 aliphatic carbocycles. The Hall–Kier alpha value is -1.14. The minimum Gasteiger partial charge on any atom is -0.444 e. The Morgan fingerprint density at radius 3 is 2.67 bits per heavy atom. The Morgan fingerprint density at radius 2 is 2.17 bits per heavy atom. The minimum absolute atomic E-state index is 0.450. The molecule has 0 unspecified atom stereocenters. The van der Waals surface area contributed by atoms with E-state index in [9.17, 15) is 4.79 Å². The molecule has 1 aromatic rings. The molecule has 1 amide bonds. The van der Waals surface area contributed by atoms with Crippen molar-refractivity contribution in [1.82, 2.24) is 10.3 Å². The number of hydrogen-bond donors (Lipinski definition) is 2. The highest BCUT2D eigenvalue weighted by molar-refractivity contribution is 7.16. The summed E-state index contributed by atoms with van der Waals surface area (Å²) < 4.78 is 5.20.